The normalized spacial score (nSPS) is 10.7. The van der Waals surface area contributed by atoms with Gasteiger partial charge >= 0.3 is 0 Å². The third-order valence-electron chi connectivity index (χ3n) is 3.05. The Hall–Kier alpha value is -2.13. The van der Waals surface area contributed by atoms with Gasteiger partial charge in [0.15, 0.2) is 0 Å². The van der Waals surface area contributed by atoms with E-state index in [2.05, 4.69) is 29.2 Å². The lowest BCUT2D eigenvalue weighted by molar-refractivity contribution is 1.48. The van der Waals surface area contributed by atoms with Crippen LogP contribution in [0.5, 0.6) is 0 Å². The van der Waals surface area contributed by atoms with Crippen LogP contribution in [-0.4, -0.2) is 9.97 Å². The molecule has 0 saturated heterocycles. The van der Waals surface area contributed by atoms with Gasteiger partial charge in [-0.15, -0.1) is 0 Å². The number of fused-ring (bicyclic) bond motifs is 1. The minimum absolute atomic E-state index is 0.429. The Morgan fingerprint density at radius 2 is 1.89 bits per heavy atom. The topological polar surface area (TPSA) is 41.8 Å². The van der Waals surface area contributed by atoms with Crippen LogP contribution < -0.4 is 5.73 Å². The van der Waals surface area contributed by atoms with E-state index in [1.807, 2.05) is 30.5 Å². The Morgan fingerprint density at radius 1 is 1.06 bits per heavy atom. The molecule has 0 aliphatic heterocycles. The fraction of sp³-hybridized carbons (Fsp3) is 0. The Balaban J connectivity index is 2.23. The summed E-state index contributed by atoms with van der Waals surface area (Å²) in [5.41, 5.74) is 10.0. The molecule has 0 unspecified atom stereocenters. The van der Waals surface area contributed by atoms with Gasteiger partial charge in [-0.3, -0.25) is 0 Å². The number of nitrogens with two attached hydrogens (primary N) is 1. The van der Waals surface area contributed by atoms with Crippen LogP contribution in [0.4, 0.5) is 0 Å². The second-order valence-corrected chi connectivity index (χ2v) is 4.63. The molecular weight excluding hydrogens is 240 g/mol. The number of nitrogens with one attached hydrogen (secondary N) is 1. The molecule has 0 saturated carbocycles. The number of aromatic nitrogens is 1. The van der Waals surface area contributed by atoms with Crippen molar-refractivity contribution in [1.82, 2.24) is 4.98 Å². The fourth-order valence-corrected chi connectivity index (χ4v) is 2.30. The highest BCUT2D eigenvalue weighted by Gasteiger charge is 2.05. The molecule has 1 heterocycles. The first-order valence-corrected chi connectivity index (χ1v) is 6.13. The van der Waals surface area contributed by atoms with Crippen LogP contribution >= 0.6 is 12.2 Å². The summed E-state index contributed by atoms with van der Waals surface area (Å²) in [4.78, 5) is 3.65. The third kappa shape index (κ3) is 1.79. The lowest BCUT2D eigenvalue weighted by Crippen LogP contribution is -2.08. The van der Waals surface area contributed by atoms with Crippen LogP contribution in [-0.2, 0) is 0 Å². The van der Waals surface area contributed by atoms with Gasteiger partial charge in [-0.25, -0.2) is 0 Å². The van der Waals surface area contributed by atoms with E-state index in [1.165, 1.54) is 10.9 Å². The molecule has 2 aromatic carbocycles. The van der Waals surface area contributed by atoms with Crippen LogP contribution in [0.2, 0.25) is 0 Å². The molecule has 0 fully saturated rings. The molecule has 0 spiro atoms. The first-order valence-electron chi connectivity index (χ1n) is 5.72. The van der Waals surface area contributed by atoms with Gasteiger partial charge in [0.1, 0.15) is 4.99 Å². The summed E-state index contributed by atoms with van der Waals surface area (Å²) >= 11 is 5.02. The van der Waals surface area contributed by atoms with Crippen molar-refractivity contribution in [2.75, 3.05) is 0 Å². The van der Waals surface area contributed by atoms with Gasteiger partial charge in [-0.1, -0.05) is 42.5 Å². The van der Waals surface area contributed by atoms with E-state index >= 15 is 0 Å². The standard InChI is InChI=1S/C15H12N2S/c16-15(18)11-4-1-3-10(9-11)12-5-2-6-14-13(12)7-8-17-14/h1-9,17H,(H2,16,18). The smallest absolute Gasteiger partial charge is 0.104 e. The fourth-order valence-electron chi connectivity index (χ4n) is 2.18. The average Bonchev–Trinajstić information content (AvgIpc) is 2.87. The molecule has 3 rings (SSSR count). The van der Waals surface area contributed by atoms with E-state index in [4.69, 9.17) is 18.0 Å². The maximum absolute atomic E-state index is 5.68. The quantitative estimate of drug-likeness (QED) is 0.686. The lowest BCUT2D eigenvalue weighted by Gasteiger charge is -2.06. The number of hydrogen-bond donors (Lipinski definition) is 2. The Morgan fingerprint density at radius 3 is 2.72 bits per heavy atom. The number of thiocarbonyl (C=S) groups is 1. The van der Waals surface area contributed by atoms with Crippen molar-refractivity contribution < 1.29 is 0 Å². The predicted octanol–water partition coefficient (Wildman–Crippen LogP) is 3.47. The molecule has 0 bridgehead atoms. The van der Waals surface area contributed by atoms with Gasteiger partial charge in [0.05, 0.1) is 0 Å². The molecule has 3 aromatic rings. The molecule has 1 aromatic heterocycles. The lowest BCUT2D eigenvalue weighted by atomic mass is 10.00. The van der Waals surface area contributed by atoms with E-state index in [0.29, 0.717) is 4.99 Å². The van der Waals surface area contributed by atoms with Crippen molar-refractivity contribution in [3.05, 3.63) is 60.3 Å². The maximum atomic E-state index is 5.68. The molecule has 18 heavy (non-hydrogen) atoms. The molecule has 3 N–H and O–H groups in total. The van der Waals surface area contributed by atoms with Gasteiger partial charge in [-0.2, -0.15) is 0 Å². The minimum atomic E-state index is 0.429. The summed E-state index contributed by atoms with van der Waals surface area (Å²) in [6.07, 6.45) is 1.95. The van der Waals surface area contributed by atoms with E-state index < -0.39 is 0 Å². The van der Waals surface area contributed by atoms with Crippen LogP contribution in [0.1, 0.15) is 5.56 Å². The highest BCUT2D eigenvalue weighted by Crippen LogP contribution is 2.28. The molecule has 88 valence electrons. The van der Waals surface area contributed by atoms with E-state index in [9.17, 15) is 0 Å². The molecule has 0 atom stereocenters. The molecule has 0 radical (unpaired) electrons. The van der Waals surface area contributed by atoms with Gasteiger partial charge in [0, 0.05) is 22.7 Å². The van der Waals surface area contributed by atoms with Gasteiger partial charge in [0.2, 0.25) is 0 Å². The summed E-state index contributed by atoms with van der Waals surface area (Å²) in [6, 6.07) is 16.3. The van der Waals surface area contributed by atoms with Crippen molar-refractivity contribution >= 4 is 28.1 Å². The summed E-state index contributed by atoms with van der Waals surface area (Å²) in [5, 5.41) is 1.21. The predicted molar refractivity (Wildman–Crippen MR) is 79.6 cm³/mol. The minimum Gasteiger partial charge on any atom is -0.389 e. The third-order valence-corrected chi connectivity index (χ3v) is 3.29. The summed E-state index contributed by atoms with van der Waals surface area (Å²) < 4.78 is 0. The van der Waals surface area contributed by atoms with Crippen LogP contribution in [0, 0.1) is 0 Å². The Kier molecular flexibility index (Phi) is 2.61. The van der Waals surface area contributed by atoms with Crippen LogP contribution in [0.25, 0.3) is 22.0 Å². The highest BCUT2D eigenvalue weighted by molar-refractivity contribution is 7.80. The first-order chi connectivity index (χ1) is 8.75. The molecule has 0 aliphatic carbocycles. The van der Waals surface area contributed by atoms with Gasteiger partial charge in [-0.05, 0) is 29.3 Å². The Bertz CT molecular complexity index is 728. The molecule has 0 aliphatic rings. The first kappa shape index (κ1) is 11.0. The molecule has 0 amide bonds. The summed E-state index contributed by atoms with van der Waals surface area (Å²) in [5.74, 6) is 0. The van der Waals surface area contributed by atoms with E-state index in [-0.39, 0.29) is 0 Å². The van der Waals surface area contributed by atoms with E-state index in [1.54, 1.807) is 0 Å². The largest absolute Gasteiger partial charge is 0.389 e. The highest BCUT2D eigenvalue weighted by atomic mass is 32.1. The SMILES string of the molecule is NC(=S)c1cccc(-c2cccc3[nH]ccc23)c1. The average molecular weight is 252 g/mol. The van der Waals surface area contributed by atoms with Crippen molar-refractivity contribution in [3.8, 4) is 11.1 Å². The summed E-state index contributed by atoms with van der Waals surface area (Å²) in [7, 11) is 0. The maximum Gasteiger partial charge on any atom is 0.104 e. The monoisotopic (exact) mass is 252 g/mol. The zero-order valence-corrected chi connectivity index (χ0v) is 10.5. The number of hydrogen-bond acceptors (Lipinski definition) is 1. The number of H-pyrrole nitrogens is 1. The van der Waals surface area contributed by atoms with Crippen molar-refractivity contribution in [1.29, 1.82) is 0 Å². The molecular formula is C15H12N2S. The number of rotatable bonds is 2. The molecule has 2 nitrogen and oxygen atoms in total. The second kappa shape index (κ2) is 4.27. The zero-order valence-electron chi connectivity index (χ0n) is 9.68. The number of benzene rings is 2. The summed E-state index contributed by atoms with van der Waals surface area (Å²) in [6.45, 7) is 0. The van der Waals surface area contributed by atoms with Crippen LogP contribution in [0.15, 0.2) is 54.7 Å². The van der Waals surface area contributed by atoms with Crippen molar-refractivity contribution in [2.24, 2.45) is 5.73 Å². The Labute approximate surface area is 110 Å². The van der Waals surface area contributed by atoms with Gasteiger partial charge in [0.25, 0.3) is 0 Å². The van der Waals surface area contributed by atoms with Crippen molar-refractivity contribution in [3.63, 3.8) is 0 Å². The number of aromatic amines is 1. The zero-order chi connectivity index (χ0) is 12.5. The van der Waals surface area contributed by atoms with E-state index in [0.717, 1.165) is 16.6 Å². The van der Waals surface area contributed by atoms with Crippen LogP contribution in [0.3, 0.4) is 0 Å². The van der Waals surface area contributed by atoms with Crippen molar-refractivity contribution in [2.45, 2.75) is 0 Å². The second-order valence-electron chi connectivity index (χ2n) is 4.19. The van der Waals surface area contributed by atoms with Gasteiger partial charge < -0.3 is 10.7 Å². The molecule has 3 heteroatoms.